The Kier molecular flexibility index (Phi) is 5.12. The lowest BCUT2D eigenvalue weighted by atomic mass is 9.94. The van der Waals surface area contributed by atoms with Crippen LogP contribution in [0.4, 0.5) is 4.39 Å². The number of rotatable bonds is 4. The highest BCUT2D eigenvalue weighted by Gasteiger charge is 2.34. The van der Waals surface area contributed by atoms with Crippen LogP contribution < -0.4 is 5.32 Å². The largest absolute Gasteiger partial charge is 0.349 e. The third kappa shape index (κ3) is 3.98. The van der Waals surface area contributed by atoms with Gasteiger partial charge in [0.15, 0.2) is 9.84 Å². The van der Waals surface area contributed by atoms with Crippen LogP contribution in [0.1, 0.15) is 31.9 Å². The van der Waals surface area contributed by atoms with Crippen molar-refractivity contribution in [3.8, 4) is 0 Å². The van der Waals surface area contributed by atoms with Crippen LogP contribution in [0.5, 0.6) is 0 Å². The second-order valence-electron chi connectivity index (χ2n) is 6.00. The fourth-order valence-corrected chi connectivity index (χ4v) is 4.53. The zero-order valence-electron chi connectivity index (χ0n) is 12.5. The summed E-state index contributed by atoms with van der Waals surface area (Å²) in [5.41, 5.74) is 0.355. The van der Waals surface area contributed by atoms with E-state index in [9.17, 15) is 17.6 Å². The first-order valence-electron chi connectivity index (χ1n) is 7.15. The molecule has 0 spiro atoms. The molecule has 1 heterocycles. The molecule has 1 aliphatic rings. The van der Waals surface area contributed by atoms with E-state index in [0.29, 0.717) is 12.0 Å². The van der Waals surface area contributed by atoms with Crippen molar-refractivity contribution in [1.82, 2.24) is 5.32 Å². The highest BCUT2D eigenvalue weighted by molar-refractivity contribution is 7.91. The van der Waals surface area contributed by atoms with Crippen LogP contribution >= 0.6 is 11.6 Å². The number of benzene rings is 1. The first-order chi connectivity index (χ1) is 10.2. The number of hydrogen-bond donors (Lipinski definition) is 1. The molecule has 2 rings (SSSR count). The molecular formula is C15H19ClFNO3S. The Morgan fingerprint density at radius 1 is 1.41 bits per heavy atom. The van der Waals surface area contributed by atoms with Crippen LogP contribution in [0.3, 0.4) is 0 Å². The Morgan fingerprint density at radius 3 is 2.59 bits per heavy atom. The second kappa shape index (κ2) is 6.54. The molecular weight excluding hydrogens is 329 g/mol. The van der Waals surface area contributed by atoms with E-state index >= 15 is 0 Å². The Hall–Kier alpha value is -1.14. The van der Waals surface area contributed by atoms with E-state index in [2.05, 4.69) is 5.32 Å². The van der Waals surface area contributed by atoms with Crippen LogP contribution in [0, 0.1) is 17.7 Å². The van der Waals surface area contributed by atoms with Crippen molar-refractivity contribution >= 4 is 27.3 Å². The van der Waals surface area contributed by atoms with Gasteiger partial charge in [-0.2, -0.15) is 0 Å². The van der Waals surface area contributed by atoms with E-state index in [1.165, 1.54) is 6.07 Å². The van der Waals surface area contributed by atoms with Gasteiger partial charge in [0.05, 0.1) is 23.5 Å². The number of sulfone groups is 1. The SMILES string of the molecule is CC(C)C(NC(=O)C1CCS(=O)(=O)C1)c1ccc(Cl)cc1F. The Morgan fingerprint density at radius 2 is 2.09 bits per heavy atom. The van der Waals surface area contributed by atoms with E-state index in [4.69, 9.17) is 11.6 Å². The lowest BCUT2D eigenvalue weighted by Gasteiger charge is -2.25. The Labute approximate surface area is 135 Å². The van der Waals surface area contributed by atoms with Crippen molar-refractivity contribution in [3.05, 3.63) is 34.6 Å². The maximum Gasteiger partial charge on any atom is 0.224 e. The molecule has 1 N–H and O–H groups in total. The Bertz CT molecular complexity index is 675. The standard InChI is InChI=1S/C15H19ClFNO3S/c1-9(2)14(12-4-3-11(16)7-13(12)17)18-15(19)10-5-6-22(20,21)8-10/h3-4,7,9-10,14H,5-6,8H2,1-2H3,(H,18,19). The first kappa shape index (κ1) is 17.2. The van der Waals surface area contributed by atoms with Gasteiger partial charge in [0.1, 0.15) is 5.82 Å². The van der Waals surface area contributed by atoms with E-state index in [1.807, 2.05) is 13.8 Å². The molecule has 2 unspecified atom stereocenters. The van der Waals surface area contributed by atoms with Gasteiger partial charge in [-0.1, -0.05) is 31.5 Å². The lowest BCUT2D eigenvalue weighted by molar-refractivity contribution is -0.125. The minimum Gasteiger partial charge on any atom is -0.349 e. The van der Waals surface area contributed by atoms with Crippen molar-refractivity contribution in [2.24, 2.45) is 11.8 Å². The minimum atomic E-state index is -3.13. The Balaban J connectivity index is 2.17. The summed E-state index contributed by atoms with van der Waals surface area (Å²) in [6.07, 6.45) is 0.322. The molecule has 0 saturated carbocycles. The molecule has 7 heteroatoms. The van der Waals surface area contributed by atoms with Crippen LogP contribution in [0.2, 0.25) is 5.02 Å². The topological polar surface area (TPSA) is 63.2 Å². The number of halogens is 2. The van der Waals surface area contributed by atoms with Gasteiger partial charge in [-0.25, -0.2) is 12.8 Å². The molecule has 1 aromatic carbocycles. The zero-order chi connectivity index (χ0) is 16.5. The number of carbonyl (C=O) groups is 1. The first-order valence-corrected chi connectivity index (χ1v) is 9.35. The molecule has 1 fully saturated rings. The van der Waals surface area contributed by atoms with Gasteiger partial charge in [0.2, 0.25) is 5.91 Å². The highest BCUT2D eigenvalue weighted by atomic mass is 35.5. The van der Waals surface area contributed by atoms with E-state index in [1.54, 1.807) is 12.1 Å². The predicted molar refractivity (Wildman–Crippen MR) is 83.9 cm³/mol. The van der Waals surface area contributed by atoms with Gasteiger partial charge in [-0.15, -0.1) is 0 Å². The van der Waals surface area contributed by atoms with E-state index in [-0.39, 0.29) is 28.4 Å². The molecule has 1 amide bonds. The molecule has 22 heavy (non-hydrogen) atoms. The van der Waals surface area contributed by atoms with Crippen LogP contribution in [-0.4, -0.2) is 25.8 Å². The summed E-state index contributed by atoms with van der Waals surface area (Å²) in [5.74, 6) is -1.52. The van der Waals surface area contributed by atoms with Gasteiger partial charge >= 0.3 is 0 Å². The third-order valence-corrected chi connectivity index (χ3v) is 5.87. The van der Waals surface area contributed by atoms with Crippen molar-refractivity contribution in [1.29, 1.82) is 0 Å². The molecule has 1 aliphatic heterocycles. The van der Waals surface area contributed by atoms with Crippen molar-refractivity contribution in [2.75, 3.05) is 11.5 Å². The number of amides is 1. The summed E-state index contributed by atoms with van der Waals surface area (Å²) in [6, 6.07) is 3.81. The predicted octanol–water partition coefficient (Wildman–Crippen LogP) is 2.73. The van der Waals surface area contributed by atoms with Crippen LogP contribution in [-0.2, 0) is 14.6 Å². The zero-order valence-corrected chi connectivity index (χ0v) is 14.0. The van der Waals surface area contributed by atoms with Gasteiger partial charge in [0, 0.05) is 10.6 Å². The summed E-state index contributed by atoms with van der Waals surface area (Å²) in [7, 11) is -3.13. The normalized spacial score (nSPS) is 21.8. The smallest absolute Gasteiger partial charge is 0.224 e. The molecule has 122 valence electrons. The number of nitrogens with one attached hydrogen (secondary N) is 1. The quantitative estimate of drug-likeness (QED) is 0.910. The fourth-order valence-electron chi connectivity index (χ4n) is 2.63. The summed E-state index contributed by atoms with van der Waals surface area (Å²) in [6.45, 7) is 3.73. The fraction of sp³-hybridized carbons (Fsp3) is 0.533. The number of carbonyl (C=O) groups excluding carboxylic acids is 1. The molecule has 0 aromatic heterocycles. The van der Waals surface area contributed by atoms with Crippen LogP contribution in [0.25, 0.3) is 0 Å². The summed E-state index contributed by atoms with van der Waals surface area (Å²) < 4.78 is 37.0. The summed E-state index contributed by atoms with van der Waals surface area (Å²) in [4.78, 5) is 12.3. The summed E-state index contributed by atoms with van der Waals surface area (Å²) in [5, 5.41) is 3.08. The second-order valence-corrected chi connectivity index (χ2v) is 8.66. The summed E-state index contributed by atoms with van der Waals surface area (Å²) >= 11 is 5.75. The molecule has 0 radical (unpaired) electrons. The molecule has 2 atom stereocenters. The van der Waals surface area contributed by atoms with Gasteiger partial charge in [-0.3, -0.25) is 4.79 Å². The molecule has 1 aromatic rings. The van der Waals surface area contributed by atoms with Crippen molar-refractivity contribution in [3.63, 3.8) is 0 Å². The lowest BCUT2D eigenvalue weighted by Crippen LogP contribution is -2.37. The minimum absolute atomic E-state index is 0.0345. The monoisotopic (exact) mass is 347 g/mol. The van der Waals surface area contributed by atoms with Gasteiger partial charge < -0.3 is 5.32 Å². The molecule has 0 aliphatic carbocycles. The van der Waals surface area contributed by atoms with E-state index < -0.39 is 27.6 Å². The maximum absolute atomic E-state index is 14.1. The number of hydrogen-bond acceptors (Lipinski definition) is 3. The maximum atomic E-state index is 14.1. The average Bonchev–Trinajstić information content (AvgIpc) is 2.77. The van der Waals surface area contributed by atoms with Crippen molar-refractivity contribution in [2.45, 2.75) is 26.3 Å². The highest BCUT2D eigenvalue weighted by Crippen LogP contribution is 2.28. The molecule has 4 nitrogen and oxygen atoms in total. The van der Waals surface area contributed by atoms with Crippen LogP contribution in [0.15, 0.2) is 18.2 Å². The third-order valence-electron chi connectivity index (χ3n) is 3.87. The molecule has 0 bridgehead atoms. The molecule has 1 saturated heterocycles. The van der Waals surface area contributed by atoms with Crippen molar-refractivity contribution < 1.29 is 17.6 Å². The van der Waals surface area contributed by atoms with Gasteiger partial charge in [0.25, 0.3) is 0 Å². The van der Waals surface area contributed by atoms with E-state index in [0.717, 1.165) is 0 Å². The average molecular weight is 348 g/mol. The van der Waals surface area contributed by atoms with Gasteiger partial charge in [-0.05, 0) is 24.5 Å².